The molecule has 0 bridgehead atoms. The van der Waals surface area contributed by atoms with Gasteiger partial charge >= 0.3 is 6.03 Å². The van der Waals surface area contributed by atoms with E-state index >= 15 is 0 Å². The fraction of sp³-hybridized carbons (Fsp3) is 0.625. The van der Waals surface area contributed by atoms with Crippen LogP contribution in [-0.4, -0.2) is 32.6 Å². The highest BCUT2D eigenvalue weighted by Gasteiger charge is 2.33. The molecule has 7 nitrogen and oxygen atoms in total. The molecule has 1 atom stereocenters. The molecule has 3 heterocycles. The smallest absolute Gasteiger partial charge is 0.323 e. The van der Waals surface area contributed by atoms with E-state index in [2.05, 4.69) is 20.4 Å². The topological polar surface area (TPSA) is 84.2 Å². The van der Waals surface area contributed by atoms with Crippen LogP contribution >= 0.6 is 11.3 Å². The largest absolute Gasteiger partial charge is 0.340 e. The van der Waals surface area contributed by atoms with E-state index in [1.807, 2.05) is 10.4 Å². The molecule has 128 valence electrons. The highest BCUT2D eigenvalue weighted by Crippen LogP contribution is 2.44. The summed E-state index contributed by atoms with van der Waals surface area (Å²) in [6.07, 6.45) is 6.38. The standard InChI is InChI=1S/C16H21N5O2S/c1-10-18-14(20-23-10)12-5-3-2-4-8-21(12)16(22)19-15-13(11-6-7-11)17-9-24-15/h9,11-12H,2-8H2,1H3,(H,19,22). The van der Waals surface area contributed by atoms with Gasteiger partial charge in [0, 0.05) is 19.4 Å². The lowest BCUT2D eigenvalue weighted by Crippen LogP contribution is -2.38. The summed E-state index contributed by atoms with van der Waals surface area (Å²) in [7, 11) is 0. The fourth-order valence-electron chi connectivity index (χ4n) is 3.23. The number of amides is 2. The Labute approximate surface area is 144 Å². The molecule has 0 aromatic carbocycles. The Bertz CT molecular complexity index is 724. The third kappa shape index (κ3) is 3.15. The molecule has 1 aliphatic heterocycles. The third-order valence-corrected chi connectivity index (χ3v) is 5.39. The summed E-state index contributed by atoms with van der Waals surface area (Å²) < 4.78 is 5.12. The summed E-state index contributed by atoms with van der Waals surface area (Å²) in [5.74, 6) is 1.66. The molecular formula is C16H21N5O2S. The van der Waals surface area contributed by atoms with E-state index in [0.717, 1.165) is 36.4 Å². The van der Waals surface area contributed by atoms with Crippen molar-refractivity contribution in [3.8, 4) is 0 Å². The van der Waals surface area contributed by atoms with E-state index in [4.69, 9.17) is 4.52 Å². The van der Waals surface area contributed by atoms with E-state index in [-0.39, 0.29) is 12.1 Å². The van der Waals surface area contributed by atoms with Crippen molar-refractivity contribution < 1.29 is 9.32 Å². The highest BCUT2D eigenvalue weighted by atomic mass is 32.1. The van der Waals surface area contributed by atoms with Crippen molar-refractivity contribution in [1.82, 2.24) is 20.0 Å². The van der Waals surface area contributed by atoms with E-state index in [0.29, 0.717) is 24.2 Å². The zero-order chi connectivity index (χ0) is 16.5. The maximum atomic E-state index is 12.9. The number of hydrogen-bond donors (Lipinski definition) is 1. The molecule has 4 rings (SSSR count). The molecule has 2 fully saturated rings. The lowest BCUT2D eigenvalue weighted by Gasteiger charge is -2.27. The van der Waals surface area contributed by atoms with Gasteiger partial charge in [-0.3, -0.25) is 5.32 Å². The lowest BCUT2D eigenvalue weighted by molar-refractivity contribution is 0.185. The third-order valence-electron chi connectivity index (χ3n) is 4.63. The number of nitrogens with zero attached hydrogens (tertiary/aromatic N) is 4. The first-order valence-electron chi connectivity index (χ1n) is 8.53. The number of carbonyl (C=O) groups is 1. The average Bonchev–Trinajstić information content (AvgIpc) is 3.25. The zero-order valence-corrected chi connectivity index (χ0v) is 14.5. The monoisotopic (exact) mass is 347 g/mol. The second-order valence-electron chi connectivity index (χ2n) is 6.50. The zero-order valence-electron chi connectivity index (χ0n) is 13.7. The molecule has 2 aromatic rings. The van der Waals surface area contributed by atoms with Crippen LogP contribution in [0, 0.1) is 6.92 Å². The van der Waals surface area contributed by atoms with Gasteiger partial charge in [0.2, 0.25) is 5.89 Å². The highest BCUT2D eigenvalue weighted by molar-refractivity contribution is 7.14. The number of hydrogen-bond acceptors (Lipinski definition) is 6. The Balaban J connectivity index is 1.54. The van der Waals surface area contributed by atoms with Gasteiger partial charge in [0.1, 0.15) is 5.00 Å². The Morgan fingerprint density at radius 3 is 2.96 bits per heavy atom. The van der Waals surface area contributed by atoms with Gasteiger partial charge in [0.05, 0.1) is 17.2 Å². The normalized spacial score (nSPS) is 21.5. The first kappa shape index (κ1) is 15.6. The van der Waals surface area contributed by atoms with Crippen LogP contribution in [0.5, 0.6) is 0 Å². The first-order chi connectivity index (χ1) is 11.7. The number of urea groups is 1. The molecule has 1 N–H and O–H groups in total. The number of anilines is 1. The minimum absolute atomic E-state index is 0.0875. The van der Waals surface area contributed by atoms with Crippen LogP contribution in [-0.2, 0) is 0 Å². The number of aryl methyl sites for hydroxylation is 1. The molecule has 2 aliphatic rings. The van der Waals surface area contributed by atoms with Gasteiger partial charge in [0.15, 0.2) is 5.82 Å². The van der Waals surface area contributed by atoms with Crippen molar-refractivity contribution in [3.63, 3.8) is 0 Å². The van der Waals surface area contributed by atoms with Gasteiger partial charge in [-0.05, 0) is 25.7 Å². The number of likely N-dealkylation sites (tertiary alicyclic amines) is 1. The molecular weight excluding hydrogens is 326 g/mol. The molecule has 1 unspecified atom stereocenters. The molecule has 1 saturated carbocycles. The van der Waals surface area contributed by atoms with Crippen molar-refractivity contribution in [2.75, 3.05) is 11.9 Å². The quantitative estimate of drug-likeness (QED) is 0.911. The van der Waals surface area contributed by atoms with E-state index in [9.17, 15) is 4.79 Å². The molecule has 0 spiro atoms. The predicted octanol–water partition coefficient (Wildman–Crippen LogP) is 3.86. The average molecular weight is 347 g/mol. The van der Waals surface area contributed by atoms with Crippen LogP contribution in [0.2, 0.25) is 0 Å². The van der Waals surface area contributed by atoms with Gasteiger partial charge < -0.3 is 9.42 Å². The van der Waals surface area contributed by atoms with Crippen molar-refractivity contribution in [2.45, 2.75) is 57.4 Å². The van der Waals surface area contributed by atoms with Gasteiger partial charge in [-0.1, -0.05) is 18.0 Å². The maximum absolute atomic E-state index is 12.9. The summed E-state index contributed by atoms with van der Waals surface area (Å²) in [5.41, 5.74) is 2.85. The molecule has 0 radical (unpaired) electrons. The van der Waals surface area contributed by atoms with Crippen LogP contribution in [0.15, 0.2) is 10.0 Å². The van der Waals surface area contributed by atoms with Crippen molar-refractivity contribution in [3.05, 3.63) is 22.9 Å². The Morgan fingerprint density at radius 2 is 2.21 bits per heavy atom. The molecule has 1 saturated heterocycles. The van der Waals surface area contributed by atoms with Crippen LogP contribution in [0.25, 0.3) is 0 Å². The van der Waals surface area contributed by atoms with Crippen molar-refractivity contribution in [2.24, 2.45) is 0 Å². The van der Waals surface area contributed by atoms with E-state index in [1.54, 1.807) is 6.92 Å². The first-order valence-corrected chi connectivity index (χ1v) is 9.41. The van der Waals surface area contributed by atoms with Crippen molar-refractivity contribution >= 4 is 22.4 Å². The van der Waals surface area contributed by atoms with Gasteiger partial charge in [-0.15, -0.1) is 11.3 Å². The minimum Gasteiger partial charge on any atom is -0.340 e. The van der Waals surface area contributed by atoms with Gasteiger partial charge in [-0.2, -0.15) is 4.98 Å². The summed E-state index contributed by atoms with van der Waals surface area (Å²) in [6.45, 7) is 2.48. The second kappa shape index (κ2) is 6.51. The number of thiazole rings is 1. The molecule has 2 aromatic heterocycles. The molecule has 24 heavy (non-hydrogen) atoms. The van der Waals surface area contributed by atoms with E-state index in [1.165, 1.54) is 24.2 Å². The predicted molar refractivity (Wildman–Crippen MR) is 90.1 cm³/mol. The van der Waals surface area contributed by atoms with Crippen LogP contribution in [0.4, 0.5) is 9.80 Å². The molecule has 8 heteroatoms. The van der Waals surface area contributed by atoms with Crippen molar-refractivity contribution in [1.29, 1.82) is 0 Å². The number of rotatable bonds is 3. The summed E-state index contributed by atoms with van der Waals surface area (Å²) >= 11 is 1.50. The summed E-state index contributed by atoms with van der Waals surface area (Å²) in [6, 6.07) is -0.210. The lowest BCUT2D eigenvalue weighted by atomic mass is 10.1. The second-order valence-corrected chi connectivity index (χ2v) is 7.36. The van der Waals surface area contributed by atoms with E-state index < -0.39 is 0 Å². The summed E-state index contributed by atoms with van der Waals surface area (Å²) in [4.78, 5) is 23.5. The maximum Gasteiger partial charge on any atom is 0.323 e. The minimum atomic E-state index is -0.123. The molecule has 1 aliphatic carbocycles. The number of aromatic nitrogens is 3. The van der Waals surface area contributed by atoms with Gasteiger partial charge in [-0.25, -0.2) is 9.78 Å². The molecule has 2 amide bonds. The Kier molecular flexibility index (Phi) is 4.22. The SMILES string of the molecule is Cc1nc(C2CCCCCN2C(=O)Nc2scnc2C2CC2)no1. The summed E-state index contributed by atoms with van der Waals surface area (Å²) in [5, 5.41) is 8.01. The fourth-order valence-corrected chi connectivity index (χ4v) is 3.99. The Morgan fingerprint density at radius 1 is 1.33 bits per heavy atom. The van der Waals surface area contributed by atoms with Crippen LogP contribution < -0.4 is 5.32 Å². The van der Waals surface area contributed by atoms with Crippen LogP contribution in [0.3, 0.4) is 0 Å². The number of nitrogens with one attached hydrogen (secondary N) is 1. The number of carbonyl (C=O) groups excluding carboxylic acids is 1. The van der Waals surface area contributed by atoms with Crippen LogP contribution in [0.1, 0.15) is 67.9 Å². The van der Waals surface area contributed by atoms with Gasteiger partial charge in [0.25, 0.3) is 0 Å². The Hall–Kier alpha value is -1.96.